The molecule has 1 fully saturated rings. The van der Waals surface area contributed by atoms with Crippen molar-refractivity contribution in [2.75, 3.05) is 46.1 Å². The molecule has 1 atom stereocenters. The number of imidazole rings is 1. The molecular weight excluding hydrogens is 597 g/mol. The molecule has 1 N–H and O–H groups in total. The first-order chi connectivity index (χ1) is 21.1. The van der Waals surface area contributed by atoms with Crippen LogP contribution in [-0.2, 0) is 29.9 Å². The molecule has 11 nitrogen and oxygen atoms in total. The summed E-state index contributed by atoms with van der Waals surface area (Å²) in [6.45, 7) is 3.27. The van der Waals surface area contributed by atoms with E-state index in [1.54, 1.807) is 46.0 Å². The van der Waals surface area contributed by atoms with E-state index in [0.717, 1.165) is 36.5 Å². The molecule has 0 radical (unpaired) electrons. The van der Waals surface area contributed by atoms with Crippen molar-refractivity contribution in [2.24, 2.45) is 13.0 Å². The van der Waals surface area contributed by atoms with Gasteiger partial charge in [-0.2, -0.15) is 4.98 Å². The molecular formula is C31H36N8O3S2. The van der Waals surface area contributed by atoms with Gasteiger partial charge >= 0.3 is 0 Å². The Morgan fingerprint density at radius 3 is 2.59 bits per heavy atom. The molecule has 1 aromatic carbocycles. The maximum absolute atomic E-state index is 14.0. The average Bonchev–Trinajstić information content (AvgIpc) is 3.76. The maximum atomic E-state index is 14.0. The summed E-state index contributed by atoms with van der Waals surface area (Å²) >= 11 is 1.13. The standard InChI is InChI=1S/C31H36N8O3S2/c1-36(2)13-14-39-28-23(17-25(30(39)40)29-34-26(20-38(29)4)44(41,42)27-6-5-15-43-27)18-32-31(35-28)33-24-9-7-21(8-10-24)16-22-11-12-37(3)19-22/h5-10,15,17-18,20,22H,11-14,16,19H2,1-4H3,(H,32,33,35). The summed E-state index contributed by atoms with van der Waals surface area (Å²) in [5.74, 6) is 1.33. The SMILES string of the molecule is CN(C)CCn1c(=O)c(-c2nc(S(=O)(=O)c3cccs3)cn2C)cc2cnc(Nc3ccc(CC4CCN(C)C4)cc3)nc21. The van der Waals surface area contributed by atoms with Gasteiger partial charge in [-0.25, -0.2) is 18.4 Å². The van der Waals surface area contributed by atoms with Gasteiger partial charge in [-0.05, 0) is 81.7 Å². The lowest BCUT2D eigenvalue weighted by atomic mass is 9.98. The number of likely N-dealkylation sites (N-methyl/N-ethyl adjacent to an activating group) is 1. The van der Waals surface area contributed by atoms with Crippen LogP contribution in [0.25, 0.3) is 22.4 Å². The lowest BCUT2D eigenvalue weighted by Gasteiger charge is -2.16. The van der Waals surface area contributed by atoms with Gasteiger partial charge < -0.3 is 19.7 Å². The number of nitrogens with zero attached hydrogens (tertiary/aromatic N) is 7. The van der Waals surface area contributed by atoms with Crippen LogP contribution in [0.15, 0.2) is 74.3 Å². The molecule has 5 aromatic rings. The molecule has 6 rings (SSSR count). The zero-order chi connectivity index (χ0) is 31.0. The number of rotatable bonds is 10. The third-order valence-electron chi connectivity index (χ3n) is 7.95. The van der Waals surface area contributed by atoms with E-state index in [2.05, 4.69) is 39.4 Å². The van der Waals surface area contributed by atoms with Crippen LogP contribution in [0.5, 0.6) is 0 Å². The van der Waals surface area contributed by atoms with Crippen molar-refractivity contribution in [2.45, 2.75) is 28.6 Å². The van der Waals surface area contributed by atoms with E-state index >= 15 is 0 Å². The number of fused-ring (bicyclic) bond motifs is 1. The third-order valence-corrected chi connectivity index (χ3v) is 11.0. The highest BCUT2D eigenvalue weighted by Crippen LogP contribution is 2.28. The third kappa shape index (κ3) is 6.18. The molecule has 13 heteroatoms. The van der Waals surface area contributed by atoms with Gasteiger partial charge in [-0.1, -0.05) is 18.2 Å². The van der Waals surface area contributed by atoms with E-state index in [4.69, 9.17) is 4.98 Å². The molecule has 4 aromatic heterocycles. The number of pyridine rings is 1. The van der Waals surface area contributed by atoms with Gasteiger partial charge in [-0.3, -0.25) is 9.36 Å². The van der Waals surface area contributed by atoms with E-state index in [-0.39, 0.29) is 26.2 Å². The Balaban J connectivity index is 1.33. The van der Waals surface area contributed by atoms with Crippen LogP contribution in [0.3, 0.4) is 0 Å². The lowest BCUT2D eigenvalue weighted by molar-refractivity contribution is 0.384. The molecule has 0 amide bonds. The lowest BCUT2D eigenvalue weighted by Crippen LogP contribution is -2.29. The average molecular weight is 633 g/mol. The normalized spacial score (nSPS) is 15.9. The number of hydrogen-bond acceptors (Lipinski definition) is 10. The van der Waals surface area contributed by atoms with Crippen molar-refractivity contribution >= 4 is 43.8 Å². The van der Waals surface area contributed by atoms with Crippen LogP contribution in [0.1, 0.15) is 12.0 Å². The van der Waals surface area contributed by atoms with Crippen molar-refractivity contribution in [1.29, 1.82) is 0 Å². The van der Waals surface area contributed by atoms with Gasteiger partial charge in [0.2, 0.25) is 15.8 Å². The van der Waals surface area contributed by atoms with E-state index in [9.17, 15) is 13.2 Å². The Morgan fingerprint density at radius 1 is 1.11 bits per heavy atom. The number of likely N-dealkylation sites (tertiary alicyclic amines) is 1. The number of aryl methyl sites for hydroxylation is 1. The largest absolute Gasteiger partial charge is 0.332 e. The number of aromatic nitrogens is 5. The van der Waals surface area contributed by atoms with Crippen LogP contribution in [0.2, 0.25) is 0 Å². The van der Waals surface area contributed by atoms with E-state index < -0.39 is 9.84 Å². The Bertz CT molecular complexity index is 1950. The highest BCUT2D eigenvalue weighted by molar-refractivity contribution is 7.93. The zero-order valence-corrected chi connectivity index (χ0v) is 26.9. The highest BCUT2D eigenvalue weighted by atomic mass is 32.2. The second kappa shape index (κ2) is 12.2. The number of benzene rings is 1. The molecule has 0 bridgehead atoms. The molecule has 1 aliphatic rings. The Morgan fingerprint density at radius 2 is 1.91 bits per heavy atom. The minimum Gasteiger partial charge on any atom is -0.332 e. The summed E-state index contributed by atoms with van der Waals surface area (Å²) in [5.41, 5.74) is 2.63. The van der Waals surface area contributed by atoms with Gasteiger partial charge in [0.15, 0.2) is 5.03 Å². The van der Waals surface area contributed by atoms with Crippen LogP contribution < -0.4 is 10.9 Å². The Kier molecular flexibility index (Phi) is 8.38. The van der Waals surface area contributed by atoms with Crippen LogP contribution in [0.4, 0.5) is 11.6 Å². The predicted octanol–water partition coefficient (Wildman–Crippen LogP) is 3.89. The monoisotopic (exact) mass is 632 g/mol. The smallest absolute Gasteiger partial charge is 0.263 e. The first-order valence-corrected chi connectivity index (χ1v) is 16.9. The van der Waals surface area contributed by atoms with Gasteiger partial charge in [0.25, 0.3) is 5.56 Å². The van der Waals surface area contributed by atoms with Gasteiger partial charge in [0, 0.05) is 50.1 Å². The van der Waals surface area contributed by atoms with E-state index in [1.807, 2.05) is 31.1 Å². The van der Waals surface area contributed by atoms with Gasteiger partial charge in [-0.15, -0.1) is 11.3 Å². The molecule has 0 saturated carbocycles. The van der Waals surface area contributed by atoms with Gasteiger partial charge in [0.1, 0.15) is 15.7 Å². The van der Waals surface area contributed by atoms with E-state index in [1.165, 1.54) is 18.2 Å². The fourth-order valence-electron chi connectivity index (χ4n) is 5.60. The summed E-state index contributed by atoms with van der Waals surface area (Å²) in [5, 5.41) is 5.53. The molecule has 0 spiro atoms. The first-order valence-electron chi connectivity index (χ1n) is 14.5. The molecule has 230 valence electrons. The summed E-state index contributed by atoms with van der Waals surface area (Å²) in [7, 11) is 3.93. The van der Waals surface area contributed by atoms with Crippen molar-refractivity contribution in [3.05, 3.63) is 76.2 Å². The van der Waals surface area contributed by atoms with Crippen LogP contribution in [0, 0.1) is 5.92 Å². The number of anilines is 2. The van der Waals surface area contributed by atoms with E-state index in [0.29, 0.717) is 36.0 Å². The number of nitrogens with one attached hydrogen (secondary N) is 1. The molecule has 1 unspecified atom stereocenters. The summed E-state index contributed by atoms with van der Waals surface area (Å²) in [6.07, 6.45) is 5.42. The predicted molar refractivity (Wildman–Crippen MR) is 173 cm³/mol. The minimum absolute atomic E-state index is 0.103. The summed E-state index contributed by atoms with van der Waals surface area (Å²) in [4.78, 5) is 32.1. The van der Waals surface area contributed by atoms with Crippen molar-refractivity contribution in [3.63, 3.8) is 0 Å². The molecule has 1 saturated heterocycles. The van der Waals surface area contributed by atoms with Crippen molar-refractivity contribution in [1.82, 2.24) is 33.9 Å². The fraction of sp³-hybridized carbons (Fsp3) is 0.355. The zero-order valence-electron chi connectivity index (χ0n) is 25.3. The second-order valence-corrected chi connectivity index (χ2v) is 14.8. The van der Waals surface area contributed by atoms with Crippen LogP contribution in [-0.4, -0.2) is 83.1 Å². The molecule has 0 aliphatic carbocycles. The summed E-state index contributed by atoms with van der Waals surface area (Å²) in [6, 6.07) is 13.3. The number of sulfone groups is 1. The summed E-state index contributed by atoms with van der Waals surface area (Å²) < 4.78 is 29.7. The Hall–Kier alpha value is -3.91. The highest BCUT2D eigenvalue weighted by Gasteiger charge is 2.25. The molecule has 5 heterocycles. The second-order valence-electron chi connectivity index (χ2n) is 11.7. The topological polar surface area (TPSA) is 118 Å². The minimum atomic E-state index is -3.80. The van der Waals surface area contributed by atoms with Crippen molar-refractivity contribution < 1.29 is 8.42 Å². The van der Waals surface area contributed by atoms with Crippen molar-refractivity contribution in [3.8, 4) is 11.4 Å². The van der Waals surface area contributed by atoms with Crippen LogP contribution >= 0.6 is 11.3 Å². The Labute approximate surface area is 260 Å². The molecule has 44 heavy (non-hydrogen) atoms. The number of hydrogen-bond donors (Lipinski definition) is 1. The molecule has 1 aliphatic heterocycles. The maximum Gasteiger partial charge on any atom is 0.263 e. The number of thiophene rings is 1. The first kappa shape index (κ1) is 30.1. The fourth-order valence-corrected chi connectivity index (χ4v) is 7.95. The quantitative estimate of drug-likeness (QED) is 0.245. The van der Waals surface area contributed by atoms with Gasteiger partial charge in [0.05, 0.1) is 5.56 Å².